The molecule has 0 radical (unpaired) electrons. The molecule has 192 valence electrons. The van der Waals surface area contributed by atoms with Crippen molar-refractivity contribution in [1.29, 1.82) is 0 Å². The molecular weight excluding hydrogens is 428 g/mol. The van der Waals surface area contributed by atoms with Gasteiger partial charge in [0.25, 0.3) is 0 Å². The summed E-state index contributed by atoms with van der Waals surface area (Å²) in [5, 5.41) is 4.73. The number of carbonyl (C=O) groups excluding carboxylic acids is 4. The Labute approximate surface area is 206 Å². The molecule has 0 aromatic carbocycles. The van der Waals surface area contributed by atoms with Gasteiger partial charge in [-0.05, 0) is 68.6 Å². The third kappa shape index (κ3) is 11.8. The van der Waals surface area contributed by atoms with Crippen LogP contribution in [0.3, 0.4) is 0 Å². The van der Waals surface area contributed by atoms with Gasteiger partial charge in [0.05, 0.1) is 0 Å². The molecule has 1 heterocycles. The van der Waals surface area contributed by atoms with Gasteiger partial charge >= 0.3 is 0 Å². The zero-order chi connectivity index (χ0) is 25.7. The van der Waals surface area contributed by atoms with Crippen molar-refractivity contribution in [3.05, 3.63) is 11.8 Å². The van der Waals surface area contributed by atoms with E-state index < -0.39 is 0 Å². The molecule has 0 saturated heterocycles. The highest BCUT2D eigenvalue weighted by molar-refractivity contribution is 6.37. The van der Waals surface area contributed by atoms with Crippen molar-refractivity contribution >= 4 is 28.8 Å². The highest BCUT2D eigenvalue weighted by atomic mass is 16.2. The van der Waals surface area contributed by atoms with Crippen LogP contribution in [0, 0.1) is 23.7 Å². The van der Waals surface area contributed by atoms with Gasteiger partial charge in [0.15, 0.2) is 23.1 Å². The summed E-state index contributed by atoms with van der Waals surface area (Å²) < 4.78 is 0. The molecular formula is C28H46N2O4. The van der Waals surface area contributed by atoms with Crippen LogP contribution in [0.15, 0.2) is 16.9 Å². The molecule has 0 aromatic heterocycles. The second-order valence-electron chi connectivity index (χ2n) is 10.6. The maximum absolute atomic E-state index is 12.2. The number of hydrazone groups is 1. The fourth-order valence-electron chi connectivity index (χ4n) is 3.89. The van der Waals surface area contributed by atoms with E-state index >= 15 is 0 Å². The Hall–Kier alpha value is -2.11. The van der Waals surface area contributed by atoms with E-state index in [0.717, 1.165) is 30.7 Å². The number of allylic oxidation sites excluding steroid dienone is 2. The Morgan fingerprint density at radius 1 is 0.706 bits per heavy atom. The van der Waals surface area contributed by atoms with Crippen molar-refractivity contribution < 1.29 is 19.2 Å². The van der Waals surface area contributed by atoms with Gasteiger partial charge in [-0.15, -0.1) is 0 Å². The minimum atomic E-state index is -0.363. The first-order chi connectivity index (χ1) is 16.0. The van der Waals surface area contributed by atoms with Crippen molar-refractivity contribution in [2.75, 3.05) is 0 Å². The van der Waals surface area contributed by atoms with E-state index in [1.54, 1.807) is 0 Å². The zero-order valence-corrected chi connectivity index (χ0v) is 22.2. The maximum Gasteiger partial charge on any atom is 0.198 e. The number of nitrogens with one attached hydrogen (secondary N) is 1. The molecule has 1 aliphatic rings. The molecule has 0 aliphatic carbocycles. The van der Waals surface area contributed by atoms with Crippen LogP contribution in [0.5, 0.6) is 0 Å². The molecule has 6 heteroatoms. The van der Waals surface area contributed by atoms with Crippen LogP contribution < -0.4 is 5.43 Å². The van der Waals surface area contributed by atoms with Gasteiger partial charge in [-0.1, -0.05) is 47.6 Å². The van der Waals surface area contributed by atoms with E-state index in [1.165, 1.54) is 0 Å². The molecule has 0 saturated carbocycles. The van der Waals surface area contributed by atoms with Crippen LogP contribution in [-0.4, -0.2) is 28.8 Å². The second-order valence-corrected chi connectivity index (χ2v) is 10.6. The van der Waals surface area contributed by atoms with Crippen molar-refractivity contribution in [3.8, 4) is 0 Å². The van der Waals surface area contributed by atoms with Crippen LogP contribution >= 0.6 is 0 Å². The van der Waals surface area contributed by atoms with Crippen LogP contribution in [-0.2, 0) is 19.2 Å². The molecule has 6 nitrogen and oxygen atoms in total. The van der Waals surface area contributed by atoms with Crippen molar-refractivity contribution in [2.24, 2.45) is 28.8 Å². The number of ketones is 4. The standard InChI is InChI=1S/C28H46N2O4/c1-19(2)23-15-11-21(5)13-17-27(33)25(31)9-7-8-10-26(32)28(34)18-14-22(6)12-16-24(20(3)4)30-29-23/h15,19-22,29H,7-14,16-18H2,1-6H3/b23-15-,30-24+/t21-,22+/m0/s1. The predicted molar refractivity (Wildman–Crippen MR) is 137 cm³/mol. The van der Waals surface area contributed by atoms with E-state index in [-0.39, 0.29) is 54.7 Å². The Kier molecular flexibility index (Phi) is 13.8. The lowest BCUT2D eigenvalue weighted by Gasteiger charge is -2.17. The number of rotatable bonds is 2. The predicted octanol–water partition coefficient (Wildman–Crippen LogP) is 5.98. The lowest BCUT2D eigenvalue weighted by atomic mass is 9.93. The van der Waals surface area contributed by atoms with Crippen LogP contribution in [0.25, 0.3) is 0 Å². The average Bonchev–Trinajstić information content (AvgIpc) is 2.78. The molecule has 2 atom stereocenters. The summed E-state index contributed by atoms with van der Waals surface area (Å²) in [5.74, 6) is -0.170. The lowest BCUT2D eigenvalue weighted by molar-refractivity contribution is -0.137. The monoisotopic (exact) mass is 474 g/mol. The molecule has 1 rings (SSSR count). The number of Topliss-reactive ketones (excluding diaryl/α,β-unsaturated/α-hetero) is 4. The van der Waals surface area contributed by atoms with Crippen LogP contribution in [0.4, 0.5) is 0 Å². The molecule has 0 amide bonds. The average molecular weight is 475 g/mol. The SMILES string of the molecule is CC(C)/C1=C/C[C@H](C)CCC(=O)C(=O)CCCCC(=O)C(=O)CC[C@H](C)CC/C(C(C)C)=N\N1. The van der Waals surface area contributed by atoms with E-state index in [1.807, 2.05) is 0 Å². The maximum atomic E-state index is 12.2. The van der Waals surface area contributed by atoms with E-state index in [0.29, 0.717) is 43.4 Å². The third-order valence-corrected chi connectivity index (χ3v) is 6.66. The Bertz CT molecular complexity index is 764. The van der Waals surface area contributed by atoms with Gasteiger partial charge in [-0.3, -0.25) is 24.6 Å². The third-order valence-electron chi connectivity index (χ3n) is 6.66. The number of hydrogen-bond acceptors (Lipinski definition) is 6. The quantitative estimate of drug-likeness (QED) is 0.497. The first-order valence-electron chi connectivity index (χ1n) is 13.2. The molecule has 0 bridgehead atoms. The molecule has 1 N–H and O–H groups in total. The van der Waals surface area contributed by atoms with Crippen LogP contribution in [0.2, 0.25) is 0 Å². The molecule has 0 fully saturated rings. The number of carbonyl (C=O) groups is 4. The Morgan fingerprint density at radius 3 is 1.68 bits per heavy atom. The summed E-state index contributed by atoms with van der Waals surface area (Å²) in [6.45, 7) is 12.7. The van der Waals surface area contributed by atoms with Gasteiger partial charge in [0.1, 0.15) is 0 Å². The topological polar surface area (TPSA) is 92.7 Å². The van der Waals surface area contributed by atoms with Gasteiger partial charge in [-0.2, -0.15) is 5.10 Å². The van der Waals surface area contributed by atoms with E-state index in [9.17, 15) is 19.2 Å². The zero-order valence-electron chi connectivity index (χ0n) is 22.2. The summed E-state index contributed by atoms with van der Waals surface area (Å²) in [6, 6.07) is 0. The van der Waals surface area contributed by atoms with Crippen molar-refractivity contribution in [3.63, 3.8) is 0 Å². The Balaban J connectivity index is 2.96. The van der Waals surface area contributed by atoms with Gasteiger partial charge < -0.3 is 0 Å². The highest BCUT2D eigenvalue weighted by Crippen LogP contribution is 2.19. The first kappa shape index (κ1) is 29.9. The minimum Gasteiger partial charge on any atom is -0.291 e. The van der Waals surface area contributed by atoms with Gasteiger partial charge in [0, 0.05) is 37.1 Å². The molecule has 0 aromatic rings. The Morgan fingerprint density at radius 2 is 1.18 bits per heavy atom. The summed E-state index contributed by atoms with van der Waals surface area (Å²) in [6.07, 6.45) is 7.89. The minimum absolute atomic E-state index is 0.156. The fourth-order valence-corrected chi connectivity index (χ4v) is 3.89. The fraction of sp³-hybridized carbons (Fsp3) is 0.750. The van der Waals surface area contributed by atoms with E-state index in [4.69, 9.17) is 5.10 Å². The van der Waals surface area contributed by atoms with Crippen LogP contribution in [0.1, 0.15) is 112 Å². The summed E-state index contributed by atoms with van der Waals surface area (Å²) in [5.41, 5.74) is 5.44. The molecule has 0 unspecified atom stereocenters. The van der Waals surface area contributed by atoms with Gasteiger partial charge in [0.2, 0.25) is 0 Å². The number of hydrogen-bond donors (Lipinski definition) is 1. The first-order valence-corrected chi connectivity index (χ1v) is 13.2. The van der Waals surface area contributed by atoms with E-state index in [2.05, 4.69) is 53.0 Å². The van der Waals surface area contributed by atoms with Gasteiger partial charge in [-0.25, -0.2) is 0 Å². The van der Waals surface area contributed by atoms with Crippen molar-refractivity contribution in [2.45, 2.75) is 112 Å². The summed E-state index contributed by atoms with van der Waals surface area (Å²) in [7, 11) is 0. The summed E-state index contributed by atoms with van der Waals surface area (Å²) >= 11 is 0. The molecule has 34 heavy (non-hydrogen) atoms. The largest absolute Gasteiger partial charge is 0.291 e. The smallest absolute Gasteiger partial charge is 0.198 e. The molecule has 1 aliphatic heterocycles. The normalized spacial score (nSPS) is 27.3. The highest BCUT2D eigenvalue weighted by Gasteiger charge is 2.18. The summed E-state index contributed by atoms with van der Waals surface area (Å²) in [4.78, 5) is 48.7. The van der Waals surface area contributed by atoms with Crippen molar-refractivity contribution in [1.82, 2.24) is 5.43 Å². The second kappa shape index (κ2) is 15.7. The molecule has 0 spiro atoms. The lowest BCUT2D eigenvalue weighted by Crippen LogP contribution is -2.19. The number of nitrogens with zero attached hydrogens (tertiary/aromatic N) is 1.